The summed E-state index contributed by atoms with van der Waals surface area (Å²) in [5, 5.41) is 8.55. The SMILES string of the molecule is C#CCN1C(=O)SC(=Cc2ccccc2OCc2ccc(C(=O)O)cc2)C1=O. The fraction of sp³-hybridized carbons (Fsp3) is 0.0952. The van der Waals surface area contributed by atoms with Gasteiger partial charge in [-0.15, -0.1) is 6.42 Å². The Morgan fingerprint density at radius 1 is 1.18 bits per heavy atom. The highest BCUT2D eigenvalue weighted by Crippen LogP contribution is 2.33. The number of nitrogens with zero attached hydrogens (tertiary/aromatic N) is 1. The molecule has 1 fully saturated rings. The second kappa shape index (κ2) is 8.46. The minimum absolute atomic E-state index is 0.0630. The van der Waals surface area contributed by atoms with E-state index in [-0.39, 0.29) is 23.6 Å². The zero-order valence-corrected chi connectivity index (χ0v) is 15.4. The van der Waals surface area contributed by atoms with Crippen LogP contribution in [-0.4, -0.2) is 33.7 Å². The van der Waals surface area contributed by atoms with Crippen molar-refractivity contribution in [3.05, 3.63) is 70.1 Å². The maximum absolute atomic E-state index is 12.3. The first-order valence-electron chi connectivity index (χ1n) is 8.22. The summed E-state index contributed by atoms with van der Waals surface area (Å²) in [6, 6.07) is 13.5. The molecule has 0 unspecified atom stereocenters. The number of amides is 2. The molecule has 0 aliphatic carbocycles. The first kappa shape index (κ1) is 19.3. The summed E-state index contributed by atoms with van der Waals surface area (Å²) in [6.07, 6.45) is 6.80. The van der Waals surface area contributed by atoms with Gasteiger partial charge in [0.1, 0.15) is 12.4 Å². The number of carboxylic acid groups (broad SMARTS) is 1. The maximum Gasteiger partial charge on any atom is 0.335 e. The van der Waals surface area contributed by atoms with Gasteiger partial charge in [0.2, 0.25) is 0 Å². The van der Waals surface area contributed by atoms with Gasteiger partial charge in [-0.25, -0.2) is 4.79 Å². The van der Waals surface area contributed by atoms with Crippen molar-refractivity contribution < 1.29 is 24.2 Å². The monoisotopic (exact) mass is 393 g/mol. The third-order valence-electron chi connectivity index (χ3n) is 3.92. The molecule has 0 saturated carbocycles. The molecular formula is C21H15NO5S. The average molecular weight is 393 g/mol. The second-order valence-corrected chi connectivity index (χ2v) is 6.79. The molecule has 28 heavy (non-hydrogen) atoms. The molecule has 2 amide bonds. The number of rotatable bonds is 6. The number of thioether (sulfide) groups is 1. The Hall–Kier alpha value is -3.50. The van der Waals surface area contributed by atoms with Gasteiger partial charge in [-0.2, -0.15) is 0 Å². The van der Waals surface area contributed by atoms with Crippen LogP contribution in [0.3, 0.4) is 0 Å². The van der Waals surface area contributed by atoms with Crippen LogP contribution >= 0.6 is 11.8 Å². The van der Waals surface area contributed by atoms with Crippen LogP contribution < -0.4 is 4.74 Å². The average Bonchev–Trinajstić information content (AvgIpc) is 2.95. The van der Waals surface area contributed by atoms with Gasteiger partial charge in [0.25, 0.3) is 11.1 Å². The van der Waals surface area contributed by atoms with E-state index >= 15 is 0 Å². The van der Waals surface area contributed by atoms with Gasteiger partial charge >= 0.3 is 5.97 Å². The van der Waals surface area contributed by atoms with Gasteiger partial charge < -0.3 is 9.84 Å². The first-order valence-corrected chi connectivity index (χ1v) is 9.04. The lowest BCUT2D eigenvalue weighted by Gasteiger charge is -2.10. The molecule has 0 radical (unpaired) electrons. The lowest BCUT2D eigenvalue weighted by molar-refractivity contribution is -0.122. The summed E-state index contributed by atoms with van der Waals surface area (Å²) in [5.74, 6) is 1.42. The fourth-order valence-corrected chi connectivity index (χ4v) is 3.33. The van der Waals surface area contributed by atoms with Gasteiger partial charge in [-0.1, -0.05) is 36.3 Å². The number of carbonyl (C=O) groups excluding carboxylic acids is 2. The van der Waals surface area contributed by atoms with E-state index in [1.807, 2.05) is 0 Å². The van der Waals surface area contributed by atoms with E-state index in [9.17, 15) is 14.4 Å². The van der Waals surface area contributed by atoms with E-state index in [1.54, 1.807) is 42.5 Å². The number of carbonyl (C=O) groups is 3. The predicted molar refractivity (Wildman–Crippen MR) is 106 cm³/mol. The highest BCUT2D eigenvalue weighted by Gasteiger charge is 2.34. The number of hydrogen-bond acceptors (Lipinski definition) is 5. The molecule has 140 valence electrons. The minimum Gasteiger partial charge on any atom is -0.488 e. The molecule has 1 saturated heterocycles. The Morgan fingerprint density at radius 3 is 2.57 bits per heavy atom. The van der Waals surface area contributed by atoms with Gasteiger partial charge in [0.15, 0.2) is 0 Å². The van der Waals surface area contributed by atoms with Crippen molar-refractivity contribution in [1.82, 2.24) is 4.90 Å². The zero-order valence-electron chi connectivity index (χ0n) is 14.6. The molecule has 0 bridgehead atoms. The Kier molecular flexibility index (Phi) is 5.82. The van der Waals surface area contributed by atoms with Crippen LogP contribution in [0.5, 0.6) is 5.75 Å². The molecule has 3 rings (SSSR count). The lowest BCUT2D eigenvalue weighted by atomic mass is 10.1. The second-order valence-electron chi connectivity index (χ2n) is 5.80. The summed E-state index contributed by atoms with van der Waals surface area (Å²) < 4.78 is 5.83. The number of carboxylic acids is 1. The number of imide groups is 1. The first-order chi connectivity index (χ1) is 13.5. The van der Waals surface area contributed by atoms with Crippen molar-refractivity contribution in [3.63, 3.8) is 0 Å². The maximum atomic E-state index is 12.3. The molecule has 0 spiro atoms. The minimum atomic E-state index is -0.989. The number of para-hydroxylation sites is 1. The van der Waals surface area contributed by atoms with E-state index in [2.05, 4.69) is 5.92 Å². The van der Waals surface area contributed by atoms with E-state index in [4.69, 9.17) is 16.3 Å². The van der Waals surface area contributed by atoms with E-state index < -0.39 is 17.1 Å². The third-order valence-corrected chi connectivity index (χ3v) is 4.83. The summed E-state index contributed by atoms with van der Waals surface area (Å²) in [5.41, 5.74) is 1.65. The van der Waals surface area contributed by atoms with Crippen LogP contribution in [0.25, 0.3) is 6.08 Å². The van der Waals surface area contributed by atoms with E-state index in [1.165, 1.54) is 12.1 Å². The van der Waals surface area contributed by atoms with Crippen molar-refractivity contribution >= 4 is 35.0 Å². The molecular weight excluding hydrogens is 378 g/mol. The summed E-state index contributed by atoms with van der Waals surface area (Å²) >= 11 is 0.836. The Balaban J connectivity index is 1.77. The highest BCUT2D eigenvalue weighted by molar-refractivity contribution is 8.18. The smallest absolute Gasteiger partial charge is 0.335 e. The van der Waals surface area contributed by atoms with E-state index in [0.717, 1.165) is 22.2 Å². The molecule has 1 aliphatic rings. The lowest BCUT2D eigenvalue weighted by Crippen LogP contribution is -2.28. The standard InChI is InChI=1S/C21H15NO5S/c1-2-11-22-19(23)18(28-21(22)26)12-16-5-3-4-6-17(16)27-13-14-7-9-15(10-8-14)20(24)25/h1,3-10,12H,11,13H2,(H,24,25). The summed E-state index contributed by atoms with van der Waals surface area (Å²) in [7, 11) is 0. The number of hydrogen-bond donors (Lipinski definition) is 1. The topological polar surface area (TPSA) is 83.9 Å². The fourth-order valence-electron chi connectivity index (χ4n) is 2.50. The Morgan fingerprint density at radius 2 is 1.89 bits per heavy atom. The van der Waals surface area contributed by atoms with Crippen molar-refractivity contribution in [3.8, 4) is 18.1 Å². The molecule has 7 heteroatoms. The van der Waals surface area contributed by atoms with Crippen molar-refractivity contribution in [2.75, 3.05) is 6.54 Å². The van der Waals surface area contributed by atoms with Crippen molar-refractivity contribution in [1.29, 1.82) is 0 Å². The predicted octanol–water partition coefficient (Wildman–Crippen LogP) is 3.63. The van der Waals surface area contributed by atoms with Crippen LogP contribution in [-0.2, 0) is 11.4 Å². The molecule has 1 heterocycles. The Bertz CT molecular complexity index is 1000. The third kappa shape index (κ3) is 4.24. The number of aromatic carboxylic acids is 1. The Labute approximate surface area is 165 Å². The van der Waals surface area contributed by atoms with Gasteiger partial charge in [0, 0.05) is 5.56 Å². The molecule has 0 aromatic heterocycles. The van der Waals surface area contributed by atoms with Gasteiger partial charge in [-0.3, -0.25) is 14.5 Å². The number of terminal acetylenes is 1. The quantitative estimate of drug-likeness (QED) is 0.596. The van der Waals surface area contributed by atoms with Crippen molar-refractivity contribution in [2.45, 2.75) is 6.61 Å². The zero-order chi connectivity index (χ0) is 20.1. The largest absolute Gasteiger partial charge is 0.488 e. The normalized spacial score (nSPS) is 15.0. The molecule has 6 nitrogen and oxygen atoms in total. The number of benzene rings is 2. The van der Waals surface area contributed by atoms with E-state index in [0.29, 0.717) is 11.3 Å². The van der Waals surface area contributed by atoms with Crippen LogP contribution in [0, 0.1) is 12.3 Å². The van der Waals surface area contributed by atoms with Crippen molar-refractivity contribution in [2.24, 2.45) is 0 Å². The van der Waals surface area contributed by atoms with Gasteiger partial charge in [0.05, 0.1) is 17.0 Å². The van der Waals surface area contributed by atoms with Crippen LogP contribution in [0.1, 0.15) is 21.5 Å². The molecule has 2 aromatic rings. The van der Waals surface area contributed by atoms with Crippen LogP contribution in [0.15, 0.2) is 53.4 Å². The highest BCUT2D eigenvalue weighted by atomic mass is 32.2. The summed E-state index contributed by atoms with van der Waals surface area (Å²) in [4.78, 5) is 36.4. The van der Waals surface area contributed by atoms with Gasteiger partial charge in [-0.05, 0) is 41.6 Å². The summed E-state index contributed by atoms with van der Waals surface area (Å²) in [6.45, 7) is 0.163. The molecule has 2 aromatic carbocycles. The number of ether oxygens (including phenoxy) is 1. The van der Waals surface area contributed by atoms with Crippen LogP contribution in [0.2, 0.25) is 0 Å². The molecule has 0 atom stereocenters. The molecule has 1 N–H and O–H groups in total. The molecule has 1 aliphatic heterocycles. The van der Waals surface area contributed by atoms with Crippen LogP contribution in [0.4, 0.5) is 4.79 Å².